The van der Waals surface area contributed by atoms with Crippen LogP contribution in [-0.4, -0.2) is 37.0 Å². The molecule has 2 heterocycles. The molecule has 3 rings (SSSR count). The molecule has 1 saturated heterocycles. The number of anilines is 1. The number of carbonyl (C=O) groups is 2. The molecule has 0 spiro atoms. The van der Waals surface area contributed by atoms with Crippen LogP contribution in [0.15, 0.2) is 35.7 Å². The Labute approximate surface area is 167 Å². The lowest BCUT2D eigenvalue weighted by molar-refractivity contribution is -0.121. The predicted molar refractivity (Wildman–Crippen MR) is 107 cm³/mol. The summed E-state index contributed by atoms with van der Waals surface area (Å²) in [7, 11) is 1.54. The van der Waals surface area contributed by atoms with Crippen molar-refractivity contribution in [3.8, 4) is 5.75 Å². The number of nitrogens with one attached hydrogen (secondary N) is 2. The molecule has 0 radical (unpaired) electrons. The summed E-state index contributed by atoms with van der Waals surface area (Å²) in [5.41, 5.74) is 0.536. The number of thiophene rings is 1. The van der Waals surface area contributed by atoms with Gasteiger partial charge in [-0.25, -0.2) is 4.79 Å². The van der Waals surface area contributed by atoms with Crippen molar-refractivity contribution in [3.05, 3.63) is 45.6 Å². The van der Waals surface area contributed by atoms with E-state index in [4.69, 9.17) is 16.3 Å². The van der Waals surface area contributed by atoms with Gasteiger partial charge in [-0.1, -0.05) is 17.7 Å². The van der Waals surface area contributed by atoms with E-state index in [2.05, 4.69) is 10.6 Å². The van der Waals surface area contributed by atoms with Gasteiger partial charge in [0.2, 0.25) is 5.91 Å². The number of rotatable bonds is 5. The van der Waals surface area contributed by atoms with E-state index < -0.39 is 0 Å². The van der Waals surface area contributed by atoms with Crippen molar-refractivity contribution in [2.75, 3.05) is 25.5 Å². The summed E-state index contributed by atoms with van der Waals surface area (Å²) in [5, 5.41) is 8.30. The molecule has 6 nitrogen and oxygen atoms in total. The van der Waals surface area contributed by atoms with Crippen molar-refractivity contribution in [1.29, 1.82) is 0 Å². The number of piperidine rings is 1. The van der Waals surface area contributed by atoms with Crippen LogP contribution in [0.25, 0.3) is 0 Å². The van der Waals surface area contributed by atoms with Crippen LogP contribution in [0.3, 0.4) is 0 Å². The highest BCUT2D eigenvalue weighted by Crippen LogP contribution is 2.29. The van der Waals surface area contributed by atoms with Gasteiger partial charge in [0.25, 0.3) is 0 Å². The van der Waals surface area contributed by atoms with Gasteiger partial charge in [0.05, 0.1) is 25.3 Å². The van der Waals surface area contributed by atoms with Crippen molar-refractivity contribution in [1.82, 2.24) is 10.2 Å². The van der Waals surface area contributed by atoms with Crippen LogP contribution >= 0.6 is 22.9 Å². The average molecular weight is 408 g/mol. The summed E-state index contributed by atoms with van der Waals surface area (Å²) < 4.78 is 5.27. The first kappa shape index (κ1) is 19.5. The molecule has 1 aliphatic heterocycles. The first-order valence-corrected chi connectivity index (χ1v) is 10.0. The van der Waals surface area contributed by atoms with E-state index in [9.17, 15) is 9.59 Å². The molecule has 1 unspecified atom stereocenters. The Balaban J connectivity index is 1.57. The van der Waals surface area contributed by atoms with E-state index in [-0.39, 0.29) is 17.9 Å². The number of ether oxygens (including phenoxy) is 1. The Morgan fingerprint density at radius 1 is 1.37 bits per heavy atom. The lowest BCUT2D eigenvalue weighted by Gasteiger charge is -2.32. The van der Waals surface area contributed by atoms with Gasteiger partial charge >= 0.3 is 6.03 Å². The molecule has 1 aliphatic rings. The smallest absolute Gasteiger partial charge is 0.317 e. The molecule has 0 aliphatic carbocycles. The van der Waals surface area contributed by atoms with Crippen molar-refractivity contribution in [2.45, 2.75) is 19.4 Å². The molecule has 144 valence electrons. The van der Waals surface area contributed by atoms with Gasteiger partial charge in [-0.3, -0.25) is 4.79 Å². The molecular weight excluding hydrogens is 386 g/mol. The lowest BCUT2D eigenvalue weighted by atomic mass is 9.97. The molecule has 2 aromatic rings. The lowest BCUT2D eigenvalue weighted by Crippen LogP contribution is -2.47. The number of benzene rings is 1. The second kappa shape index (κ2) is 9.10. The molecule has 0 saturated carbocycles. The third-order valence-corrected chi connectivity index (χ3v) is 5.60. The van der Waals surface area contributed by atoms with Crippen LogP contribution in [-0.2, 0) is 11.3 Å². The van der Waals surface area contributed by atoms with E-state index in [1.54, 1.807) is 41.5 Å². The molecule has 3 amide bonds. The van der Waals surface area contributed by atoms with Gasteiger partial charge in [-0.15, -0.1) is 11.3 Å². The zero-order valence-corrected chi connectivity index (χ0v) is 16.6. The van der Waals surface area contributed by atoms with Crippen LogP contribution < -0.4 is 15.4 Å². The normalized spacial score (nSPS) is 16.7. The molecule has 1 aromatic heterocycles. The van der Waals surface area contributed by atoms with Crippen molar-refractivity contribution in [3.63, 3.8) is 0 Å². The zero-order valence-electron chi connectivity index (χ0n) is 15.0. The van der Waals surface area contributed by atoms with Gasteiger partial charge < -0.3 is 20.3 Å². The molecule has 27 heavy (non-hydrogen) atoms. The average Bonchev–Trinajstić information content (AvgIpc) is 3.20. The Bertz CT molecular complexity index is 798. The maximum absolute atomic E-state index is 12.7. The third kappa shape index (κ3) is 5.14. The standard InChI is InChI=1S/C19H22ClN3O3S/c1-26-17-7-6-14(20)10-16(17)22-18(24)13-4-2-8-23(12-13)19(25)21-11-15-5-3-9-27-15/h3,5-7,9-10,13H,2,4,8,11-12H2,1H3,(H,21,25)(H,22,24). The number of methoxy groups -OCH3 is 1. The van der Waals surface area contributed by atoms with Gasteiger partial charge in [0, 0.05) is 23.0 Å². The summed E-state index contributed by atoms with van der Waals surface area (Å²) in [6, 6.07) is 8.88. The highest BCUT2D eigenvalue weighted by atomic mass is 35.5. The van der Waals surface area contributed by atoms with Crippen LogP contribution in [0.1, 0.15) is 17.7 Å². The summed E-state index contributed by atoms with van der Waals surface area (Å²) in [6.07, 6.45) is 1.53. The van der Waals surface area contributed by atoms with Crippen molar-refractivity contribution < 1.29 is 14.3 Å². The number of carbonyl (C=O) groups excluding carboxylic acids is 2. The number of amides is 3. The number of hydrogen-bond acceptors (Lipinski definition) is 4. The number of halogens is 1. The molecule has 1 fully saturated rings. The summed E-state index contributed by atoms with van der Waals surface area (Å²) in [6.45, 7) is 1.55. The Morgan fingerprint density at radius 2 is 2.22 bits per heavy atom. The minimum atomic E-state index is -0.269. The maximum atomic E-state index is 12.7. The van der Waals surface area contributed by atoms with Crippen molar-refractivity contribution in [2.24, 2.45) is 5.92 Å². The minimum Gasteiger partial charge on any atom is -0.495 e. The van der Waals surface area contributed by atoms with E-state index in [1.165, 1.54) is 0 Å². The Hall–Kier alpha value is -2.25. The summed E-state index contributed by atoms with van der Waals surface area (Å²) in [4.78, 5) is 27.9. The largest absolute Gasteiger partial charge is 0.495 e. The highest BCUT2D eigenvalue weighted by molar-refractivity contribution is 7.09. The number of nitrogens with zero attached hydrogens (tertiary/aromatic N) is 1. The zero-order chi connectivity index (χ0) is 19.2. The predicted octanol–water partition coefficient (Wildman–Crippen LogP) is 3.97. The Morgan fingerprint density at radius 3 is 2.96 bits per heavy atom. The summed E-state index contributed by atoms with van der Waals surface area (Å²) in [5.74, 6) is 0.148. The topological polar surface area (TPSA) is 70.7 Å². The number of hydrogen-bond donors (Lipinski definition) is 2. The van der Waals surface area contributed by atoms with Gasteiger partial charge in [0.1, 0.15) is 5.75 Å². The van der Waals surface area contributed by atoms with Gasteiger partial charge in [-0.2, -0.15) is 0 Å². The number of urea groups is 1. The fraction of sp³-hybridized carbons (Fsp3) is 0.368. The Kier molecular flexibility index (Phi) is 6.58. The maximum Gasteiger partial charge on any atom is 0.317 e. The van der Waals surface area contributed by atoms with Crippen LogP contribution in [0.2, 0.25) is 5.02 Å². The van der Waals surface area contributed by atoms with Crippen LogP contribution in [0.5, 0.6) is 5.75 Å². The van der Waals surface area contributed by atoms with E-state index in [0.717, 1.165) is 17.7 Å². The van der Waals surface area contributed by atoms with Crippen LogP contribution in [0, 0.1) is 5.92 Å². The van der Waals surface area contributed by atoms with Gasteiger partial charge in [0.15, 0.2) is 0 Å². The first-order valence-electron chi connectivity index (χ1n) is 8.76. The first-order chi connectivity index (χ1) is 13.1. The molecule has 2 N–H and O–H groups in total. The monoisotopic (exact) mass is 407 g/mol. The summed E-state index contributed by atoms with van der Waals surface area (Å²) >= 11 is 7.62. The van der Waals surface area contributed by atoms with Crippen molar-refractivity contribution >= 4 is 40.6 Å². The fourth-order valence-corrected chi connectivity index (χ4v) is 3.89. The van der Waals surface area contributed by atoms with E-state index in [0.29, 0.717) is 36.1 Å². The SMILES string of the molecule is COc1ccc(Cl)cc1NC(=O)C1CCCN(C(=O)NCc2cccs2)C1. The minimum absolute atomic E-state index is 0.133. The second-order valence-electron chi connectivity index (χ2n) is 6.36. The molecule has 0 bridgehead atoms. The number of likely N-dealkylation sites (tertiary alicyclic amines) is 1. The molecule has 1 aromatic carbocycles. The van der Waals surface area contributed by atoms with Crippen LogP contribution in [0.4, 0.5) is 10.5 Å². The molecule has 1 atom stereocenters. The van der Waals surface area contributed by atoms with E-state index >= 15 is 0 Å². The molecular formula is C19H22ClN3O3S. The quantitative estimate of drug-likeness (QED) is 0.787. The molecule has 8 heteroatoms. The third-order valence-electron chi connectivity index (χ3n) is 4.49. The highest BCUT2D eigenvalue weighted by Gasteiger charge is 2.29. The van der Waals surface area contributed by atoms with E-state index in [1.807, 2.05) is 17.5 Å². The van der Waals surface area contributed by atoms with Gasteiger partial charge in [-0.05, 0) is 42.5 Å². The second-order valence-corrected chi connectivity index (χ2v) is 7.83. The fourth-order valence-electron chi connectivity index (χ4n) is 3.08.